The second kappa shape index (κ2) is 4.26. The van der Waals surface area contributed by atoms with Gasteiger partial charge in [-0.2, -0.15) is 0 Å². The molecule has 1 heterocycles. The minimum absolute atomic E-state index is 0.247. The van der Waals surface area contributed by atoms with Crippen molar-refractivity contribution in [3.05, 3.63) is 24.0 Å². The van der Waals surface area contributed by atoms with Crippen LogP contribution in [0.4, 0.5) is 10.1 Å². The van der Waals surface area contributed by atoms with Gasteiger partial charge >= 0.3 is 0 Å². The summed E-state index contributed by atoms with van der Waals surface area (Å²) in [5.74, 6) is 0.657. The zero-order valence-electron chi connectivity index (χ0n) is 12.8. The molecule has 3 rings (SSSR count). The van der Waals surface area contributed by atoms with Gasteiger partial charge in [0.05, 0.1) is 0 Å². The van der Waals surface area contributed by atoms with Gasteiger partial charge in [0.2, 0.25) is 0 Å². The number of halogens is 1. The molecule has 0 aliphatic heterocycles. The van der Waals surface area contributed by atoms with Crippen LogP contribution in [0.3, 0.4) is 0 Å². The van der Waals surface area contributed by atoms with Crippen molar-refractivity contribution in [2.24, 2.45) is 16.7 Å². The van der Waals surface area contributed by atoms with E-state index in [4.69, 9.17) is 5.73 Å². The molecule has 0 unspecified atom stereocenters. The second-order valence-electron chi connectivity index (χ2n) is 6.95. The quantitative estimate of drug-likeness (QED) is 0.882. The molecule has 2 N–H and O–H groups in total. The Morgan fingerprint density at radius 3 is 2.43 bits per heavy atom. The van der Waals surface area contributed by atoms with Crippen molar-refractivity contribution >= 4 is 5.69 Å². The summed E-state index contributed by atoms with van der Waals surface area (Å²) >= 11 is 0. The average Bonchev–Trinajstić information content (AvgIpc) is 2.72. The number of anilines is 1. The van der Waals surface area contributed by atoms with Gasteiger partial charge in [0, 0.05) is 17.8 Å². The number of nitrogens with zero attached hydrogens (tertiary/aromatic N) is 4. The average molecular weight is 289 g/mol. The zero-order chi connectivity index (χ0) is 15.4. The van der Waals surface area contributed by atoms with E-state index in [-0.39, 0.29) is 16.6 Å². The first-order valence-electron chi connectivity index (χ1n) is 7.06. The predicted octanol–water partition coefficient (Wildman–Crippen LogP) is 2.74. The van der Waals surface area contributed by atoms with Gasteiger partial charge in [-0.25, -0.2) is 9.07 Å². The standard InChI is InChI=1S/C15H20FN5/c1-14(2)12(15(14,3)4)8-21-13(18-19-20-21)9-5-10(16)7-11(17)6-9/h5-7,12H,8,17H2,1-4H3. The Hall–Kier alpha value is -1.98. The highest BCUT2D eigenvalue weighted by atomic mass is 19.1. The van der Waals surface area contributed by atoms with Gasteiger partial charge in [0.1, 0.15) is 5.82 Å². The van der Waals surface area contributed by atoms with Gasteiger partial charge in [-0.3, -0.25) is 0 Å². The van der Waals surface area contributed by atoms with E-state index in [9.17, 15) is 4.39 Å². The summed E-state index contributed by atoms with van der Waals surface area (Å²) in [5, 5.41) is 11.8. The number of aromatic nitrogens is 4. The minimum atomic E-state index is -0.383. The van der Waals surface area contributed by atoms with Crippen LogP contribution >= 0.6 is 0 Å². The van der Waals surface area contributed by atoms with Crippen molar-refractivity contribution < 1.29 is 4.39 Å². The Labute approximate surface area is 123 Å². The van der Waals surface area contributed by atoms with Crippen LogP contribution in [0.1, 0.15) is 27.7 Å². The lowest BCUT2D eigenvalue weighted by Crippen LogP contribution is -2.08. The Bertz CT molecular complexity index is 655. The van der Waals surface area contributed by atoms with Gasteiger partial charge in [-0.1, -0.05) is 27.7 Å². The van der Waals surface area contributed by atoms with Gasteiger partial charge in [-0.05, 0) is 45.4 Å². The number of rotatable bonds is 3. The molecule has 0 saturated heterocycles. The number of nitrogen functional groups attached to an aromatic ring is 1. The Morgan fingerprint density at radius 1 is 1.19 bits per heavy atom. The number of hydrogen-bond donors (Lipinski definition) is 1. The van der Waals surface area contributed by atoms with Crippen molar-refractivity contribution in [2.75, 3.05) is 5.73 Å². The Morgan fingerprint density at radius 2 is 1.86 bits per heavy atom. The van der Waals surface area contributed by atoms with Crippen LogP contribution in [0.2, 0.25) is 0 Å². The molecule has 0 bridgehead atoms. The van der Waals surface area contributed by atoms with Crippen molar-refractivity contribution in [2.45, 2.75) is 34.2 Å². The van der Waals surface area contributed by atoms with E-state index in [1.54, 1.807) is 10.7 Å². The van der Waals surface area contributed by atoms with Crippen LogP contribution < -0.4 is 5.73 Å². The number of tetrazole rings is 1. The third-order valence-corrected chi connectivity index (χ3v) is 5.39. The maximum Gasteiger partial charge on any atom is 0.182 e. The van der Waals surface area contributed by atoms with E-state index in [1.807, 2.05) is 0 Å². The first kappa shape index (κ1) is 14.0. The van der Waals surface area contributed by atoms with Gasteiger partial charge in [0.25, 0.3) is 0 Å². The molecular weight excluding hydrogens is 269 g/mol. The van der Waals surface area contributed by atoms with E-state index in [1.165, 1.54) is 12.1 Å². The van der Waals surface area contributed by atoms with E-state index < -0.39 is 0 Å². The largest absolute Gasteiger partial charge is 0.399 e. The van der Waals surface area contributed by atoms with E-state index in [0.29, 0.717) is 23.0 Å². The molecule has 1 saturated carbocycles. The van der Waals surface area contributed by atoms with Crippen LogP contribution in [0.5, 0.6) is 0 Å². The van der Waals surface area contributed by atoms with Crippen molar-refractivity contribution in [3.63, 3.8) is 0 Å². The number of benzene rings is 1. The SMILES string of the molecule is CC1(C)C(Cn2nnnc2-c2cc(N)cc(F)c2)C1(C)C. The predicted molar refractivity (Wildman–Crippen MR) is 78.7 cm³/mol. The highest BCUT2D eigenvalue weighted by molar-refractivity contribution is 5.61. The summed E-state index contributed by atoms with van der Waals surface area (Å²) in [4.78, 5) is 0. The molecule has 1 aliphatic rings. The third kappa shape index (κ3) is 2.09. The molecule has 2 aromatic rings. The molecule has 1 aromatic carbocycles. The minimum Gasteiger partial charge on any atom is -0.399 e. The topological polar surface area (TPSA) is 69.6 Å². The lowest BCUT2D eigenvalue weighted by atomic mass is 10.0. The van der Waals surface area contributed by atoms with E-state index in [2.05, 4.69) is 43.2 Å². The second-order valence-corrected chi connectivity index (χ2v) is 6.95. The van der Waals surface area contributed by atoms with Crippen LogP contribution in [-0.4, -0.2) is 20.2 Å². The third-order valence-electron chi connectivity index (χ3n) is 5.39. The Balaban J connectivity index is 1.92. The molecule has 1 aromatic heterocycles. The molecule has 1 aliphatic carbocycles. The first-order valence-corrected chi connectivity index (χ1v) is 7.06. The number of nitrogens with two attached hydrogens (primary N) is 1. The summed E-state index contributed by atoms with van der Waals surface area (Å²) in [7, 11) is 0. The van der Waals surface area contributed by atoms with Crippen LogP contribution in [0, 0.1) is 22.6 Å². The molecule has 5 nitrogen and oxygen atoms in total. The molecular formula is C15H20FN5. The Kier molecular flexibility index (Phi) is 2.83. The van der Waals surface area contributed by atoms with Gasteiger partial charge in [0.15, 0.2) is 5.82 Å². The van der Waals surface area contributed by atoms with Crippen molar-refractivity contribution in [1.82, 2.24) is 20.2 Å². The van der Waals surface area contributed by atoms with E-state index >= 15 is 0 Å². The number of hydrogen-bond acceptors (Lipinski definition) is 4. The molecule has 6 heteroatoms. The first-order chi connectivity index (χ1) is 9.73. The van der Waals surface area contributed by atoms with Crippen LogP contribution in [0.25, 0.3) is 11.4 Å². The molecule has 0 radical (unpaired) electrons. The molecule has 1 fully saturated rings. The molecule has 0 amide bonds. The smallest absolute Gasteiger partial charge is 0.182 e. The highest BCUT2D eigenvalue weighted by Gasteiger charge is 2.64. The van der Waals surface area contributed by atoms with Crippen LogP contribution in [-0.2, 0) is 6.54 Å². The fourth-order valence-electron chi connectivity index (χ4n) is 3.24. The summed E-state index contributed by atoms with van der Waals surface area (Å²) in [6, 6.07) is 4.38. The van der Waals surface area contributed by atoms with Crippen molar-refractivity contribution in [3.8, 4) is 11.4 Å². The fraction of sp³-hybridized carbons (Fsp3) is 0.533. The zero-order valence-corrected chi connectivity index (χ0v) is 12.8. The normalized spacial score (nSPS) is 19.7. The molecule has 0 spiro atoms. The lowest BCUT2D eigenvalue weighted by Gasteiger charge is -2.07. The summed E-state index contributed by atoms with van der Waals surface area (Å²) < 4.78 is 15.3. The maximum atomic E-state index is 13.5. The summed E-state index contributed by atoms with van der Waals surface area (Å²) in [6.07, 6.45) is 0. The summed E-state index contributed by atoms with van der Waals surface area (Å²) in [6.45, 7) is 9.73. The molecule has 112 valence electrons. The summed E-state index contributed by atoms with van der Waals surface area (Å²) in [5.41, 5.74) is 7.16. The lowest BCUT2D eigenvalue weighted by molar-refractivity contribution is 0.457. The van der Waals surface area contributed by atoms with Gasteiger partial charge < -0.3 is 5.73 Å². The fourth-order valence-corrected chi connectivity index (χ4v) is 3.24. The van der Waals surface area contributed by atoms with Crippen molar-refractivity contribution in [1.29, 1.82) is 0 Å². The van der Waals surface area contributed by atoms with Crippen LogP contribution in [0.15, 0.2) is 18.2 Å². The monoisotopic (exact) mass is 289 g/mol. The molecule has 0 atom stereocenters. The molecule has 21 heavy (non-hydrogen) atoms. The maximum absolute atomic E-state index is 13.5. The highest BCUT2D eigenvalue weighted by Crippen LogP contribution is 2.68. The van der Waals surface area contributed by atoms with Gasteiger partial charge in [-0.15, -0.1) is 5.10 Å². The van der Waals surface area contributed by atoms with E-state index in [0.717, 1.165) is 6.54 Å².